The number of hydrogen-bond acceptors (Lipinski definition) is 3. The number of rotatable bonds is 6. The molecule has 17 heavy (non-hydrogen) atoms. The molecular formula is C13H22FN3. The molecule has 4 heteroatoms. The second-order valence-corrected chi connectivity index (χ2v) is 4.42. The van der Waals surface area contributed by atoms with E-state index in [4.69, 9.17) is 0 Å². The van der Waals surface area contributed by atoms with Crippen molar-refractivity contribution in [3.8, 4) is 0 Å². The van der Waals surface area contributed by atoms with Gasteiger partial charge in [0.1, 0.15) is 11.6 Å². The number of hydrogen-bond donors (Lipinski definition) is 1. The van der Waals surface area contributed by atoms with Gasteiger partial charge in [0.25, 0.3) is 0 Å². The van der Waals surface area contributed by atoms with Gasteiger partial charge in [0.15, 0.2) is 0 Å². The van der Waals surface area contributed by atoms with Crippen molar-refractivity contribution in [2.24, 2.45) is 0 Å². The van der Waals surface area contributed by atoms with Gasteiger partial charge >= 0.3 is 0 Å². The Labute approximate surface area is 103 Å². The second kappa shape index (κ2) is 6.55. The highest BCUT2D eigenvalue weighted by Gasteiger charge is 2.14. The minimum atomic E-state index is -0.282. The van der Waals surface area contributed by atoms with Crippen LogP contribution >= 0.6 is 0 Å². The summed E-state index contributed by atoms with van der Waals surface area (Å²) in [6, 6.07) is 1.96. The van der Waals surface area contributed by atoms with Crippen molar-refractivity contribution in [2.45, 2.75) is 39.3 Å². The summed E-state index contributed by atoms with van der Waals surface area (Å²) in [4.78, 5) is 6.33. The van der Waals surface area contributed by atoms with E-state index in [2.05, 4.69) is 29.0 Å². The van der Waals surface area contributed by atoms with Crippen LogP contribution in [-0.2, 0) is 6.54 Å². The van der Waals surface area contributed by atoms with Crippen LogP contribution in [0.15, 0.2) is 12.3 Å². The molecule has 1 aromatic heterocycles. The van der Waals surface area contributed by atoms with Crippen molar-refractivity contribution in [3.63, 3.8) is 0 Å². The highest BCUT2D eigenvalue weighted by molar-refractivity contribution is 5.47. The minimum absolute atomic E-state index is 0.282. The first-order valence-corrected chi connectivity index (χ1v) is 6.12. The van der Waals surface area contributed by atoms with Gasteiger partial charge < -0.3 is 10.2 Å². The maximum Gasteiger partial charge on any atom is 0.141 e. The normalized spacial score (nSPS) is 12.5. The van der Waals surface area contributed by atoms with Gasteiger partial charge in [-0.3, -0.25) is 0 Å². The second-order valence-electron chi connectivity index (χ2n) is 4.42. The molecule has 1 heterocycles. The first kappa shape index (κ1) is 13.9. The molecule has 0 fully saturated rings. The Hall–Kier alpha value is -1.16. The molecule has 0 aliphatic heterocycles. The van der Waals surface area contributed by atoms with Gasteiger partial charge in [-0.25, -0.2) is 9.37 Å². The molecule has 0 radical (unpaired) electrons. The fraction of sp³-hybridized carbons (Fsp3) is 0.615. The van der Waals surface area contributed by atoms with E-state index in [-0.39, 0.29) is 5.82 Å². The summed E-state index contributed by atoms with van der Waals surface area (Å²) >= 11 is 0. The van der Waals surface area contributed by atoms with E-state index < -0.39 is 0 Å². The van der Waals surface area contributed by atoms with Crippen LogP contribution < -0.4 is 10.2 Å². The van der Waals surface area contributed by atoms with Crippen molar-refractivity contribution < 1.29 is 4.39 Å². The van der Waals surface area contributed by atoms with Gasteiger partial charge in [-0.15, -0.1) is 0 Å². The van der Waals surface area contributed by atoms with Crippen molar-refractivity contribution in [3.05, 3.63) is 23.6 Å². The maximum absolute atomic E-state index is 13.2. The van der Waals surface area contributed by atoms with Crippen molar-refractivity contribution in [2.75, 3.05) is 19.0 Å². The van der Waals surface area contributed by atoms with E-state index in [1.807, 2.05) is 14.1 Å². The lowest BCUT2D eigenvalue weighted by atomic mass is 10.1. The van der Waals surface area contributed by atoms with E-state index in [1.54, 1.807) is 6.07 Å². The molecule has 1 N–H and O–H groups in total. The standard InChI is InChI=1S/C13H22FN3/c1-5-6-10(2)17(4)13-11(8-15-3)7-12(14)9-16-13/h7,9-10,15H,5-6,8H2,1-4H3. The number of halogens is 1. The number of aromatic nitrogens is 1. The van der Waals surface area contributed by atoms with Gasteiger partial charge in [-0.1, -0.05) is 13.3 Å². The summed E-state index contributed by atoms with van der Waals surface area (Å²) < 4.78 is 13.2. The molecule has 0 aliphatic carbocycles. The molecule has 0 bridgehead atoms. The molecule has 3 nitrogen and oxygen atoms in total. The van der Waals surface area contributed by atoms with Crippen molar-refractivity contribution in [1.29, 1.82) is 0 Å². The number of nitrogens with zero attached hydrogens (tertiary/aromatic N) is 2. The molecular weight excluding hydrogens is 217 g/mol. The third-order valence-corrected chi connectivity index (χ3v) is 2.98. The van der Waals surface area contributed by atoms with Gasteiger partial charge in [0.2, 0.25) is 0 Å². The Morgan fingerprint density at radius 3 is 2.82 bits per heavy atom. The van der Waals surface area contributed by atoms with Crippen LogP contribution in [0, 0.1) is 5.82 Å². The summed E-state index contributed by atoms with van der Waals surface area (Å²) in [6.45, 7) is 4.96. The zero-order valence-corrected chi connectivity index (χ0v) is 11.1. The highest BCUT2D eigenvalue weighted by Crippen LogP contribution is 2.20. The number of nitrogens with one attached hydrogen (secondary N) is 1. The fourth-order valence-corrected chi connectivity index (χ4v) is 1.93. The molecule has 0 spiro atoms. The molecule has 96 valence electrons. The summed E-state index contributed by atoms with van der Waals surface area (Å²) in [5.41, 5.74) is 0.901. The average molecular weight is 239 g/mol. The zero-order valence-electron chi connectivity index (χ0n) is 11.1. The Morgan fingerprint density at radius 2 is 2.24 bits per heavy atom. The quantitative estimate of drug-likeness (QED) is 0.827. The van der Waals surface area contributed by atoms with Crippen LogP contribution in [0.1, 0.15) is 32.3 Å². The smallest absolute Gasteiger partial charge is 0.141 e. The largest absolute Gasteiger partial charge is 0.357 e. The molecule has 0 aromatic carbocycles. The van der Waals surface area contributed by atoms with Crippen molar-refractivity contribution >= 4 is 5.82 Å². The zero-order chi connectivity index (χ0) is 12.8. The third-order valence-electron chi connectivity index (χ3n) is 2.98. The molecule has 0 saturated carbocycles. The highest BCUT2D eigenvalue weighted by atomic mass is 19.1. The molecule has 1 atom stereocenters. The summed E-state index contributed by atoms with van der Waals surface area (Å²) in [5, 5.41) is 3.04. The monoisotopic (exact) mass is 239 g/mol. The lowest BCUT2D eigenvalue weighted by molar-refractivity contribution is 0.595. The molecule has 1 aromatic rings. The van der Waals surface area contributed by atoms with Crippen LogP contribution in [0.4, 0.5) is 10.2 Å². The Balaban J connectivity index is 2.94. The van der Waals surface area contributed by atoms with E-state index in [0.717, 1.165) is 24.2 Å². The molecule has 1 rings (SSSR count). The van der Waals surface area contributed by atoms with E-state index in [9.17, 15) is 4.39 Å². The van der Waals surface area contributed by atoms with E-state index >= 15 is 0 Å². The van der Waals surface area contributed by atoms with Crippen LogP contribution in [0.2, 0.25) is 0 Å². The first-order valence-electron chi connectivity index (χ1n) is 6.12. The third kappa shape index (κ3) is 3.66. The topological polar surface area (TPSA) is 28.2 Å². The fourth-order valence-electron chi connectivity index (χ4n) is 1.93. The Morgan fingerprint density at radius 1 is 1.53 bits per heavy atom. The summed E-state index contributed by atoms with van der Waals surface area (Å²) in [7, 11) is 3.86. The lowest BCUT2D eigenvalue weighted by Gasteiger charge is -2.27. The number of pyridine rings is 1. The van der Waals surface area contributed by atoms with Gasteiger partial charge in [-0.05, 0) is 26.5 Å². The van der Waals surface area contributed by atoms with Crippen LogP contribution in [0.3, 0.4) is 0 Å². The van der Waals surface area contributed by atoms with E-state index in [1.165, 1.54) is 6.20 Å². The Kier molecular flexibility index (Phi) is 5.35. The van der Waals surface area contributed by atoms with Crippen LogP contribution in [0.25, 0.3) is 0 Å². The first-order chi connectivity index (χ1) is 8.10. The average Bonchev–Trinajstić information content (AvgIpc) is 2.29. The molecule has 0 aliphatic rings. The van der Waals surface area contributed by atoms with Crippen molar-refractivity contribution in [1.82, 2.24) is 10.3 Å². The van der Waals surface area contributed by atoms with Crippen LogP contribution in [-0.4, -0.2) is 25.1 Å². The van der Waals surface area contributed by atoms with Crippen LogP contribution in [0.5, 0.6) is 0 Å². The summed E-state index contributed by atoms with van der Waals surface area (Å²) in [5.74, 6) is 0.581. The number of anilines is 1. The van der Waals surface area contributed by atoms with Gasteiger partial charge in [0.05, 0.1) is 6.20 Å². The van der Waals surface area contributed by atoms with Gasteiger partial charge in [-0.2, -0.15) is 0 Å². The minimum Gasteiger partial charge on any atom is -0.357 e. The molecule has 0 saturated heterocycles. The predicted molar refractivity (Wildman–Crippen MR) is 69.7 cm³/mol. The SMILES string of the molecule is CCCC(C)N(C)c1ncc(F)cc1CNC. The van der Waals surface area contributed by atoms with Gasteiger partial charge in [0, 0.05) is 25.2 Å². The lowest BCUT2D eigenvalue weighted by Crippen LogP contribution is -2.30. The summed E-state index contributed by atoms with van der Waals surface area (Å²) in [6.07, 6.45) is 3.52. The predicted octanol–water partition coefficient (Wildman–Crippen LogP) is 2.56. The molecule has 0 amide bonds. The maximum atomic E-state index is 13.2. The molecule has 1 unspecified atom stereocenters. The Bertz CT molecular complexity index is 355. The van der Waals surface area contributed by atoms with E-state index in [0.29, 0.717) is 12.6 Å².